The third-order valence-corrected chi connectivity index (χ3v) is 2.44. The Bertz CT molecular complexity index is 104. The number of unbranched alkanes of at least 4 members (excludes halogenated alkanes) is 1. The van der Waals surface area contributed by atoms with Gasteiger partial charge in [-0.15, -0.1) is 0 Å². The van der Waals surface area contributed by atoms with Gasteiger partial charge in [0.25, 0.3) is 0 Å². The molecule has 0 fully saturated rings. The van der Waals surface area contributed by atoms with E-state index in [9.17, 15) is 0 Å². The van der Waals surface area contributed by atoms with Gasteiger partial charge in [0.05, 0.1) is 0 Å². The summed E-state index contributed by atoms with van der Waals surface area (Å²) in [5.41, 5.74) is 5.36. The first kappa shape index (κ1) is 10.2. The van der Waals surface area contributed by atoms with E-state index in [1.54, 1.807) is 11.8 Å². The summed E-state index contributed by atoms with van der Waals surface area (Å²) < 4.78 is 0.573. The summed E-state index contributed by atoms with van der Waals surface area (Å²) in [5.74, 6) is 0. The fourth-order valence-electron chi connectivity index (χ4n) is 0.749. The Morgan fingerprint density at radius 3 is 2.70 bits per heavy atom. The largest absolute Gasteiger partial charge is 0.385 e. The van der Waals surface area contributed by atoms with E-state index in [0.29, 0.717) is 9.57 Å². The zero-order chi connectivity index (χ0) is 7.98. The Kier molecular flexibility index (Phi) is 6.13. The first-order valence-corrected chi connectivity index (χ1v) is 4.91. The highest BCUT2D eigenvalue weighted by atomic mass is 32.2. The van der Waals surface area contributed by atoms with E-state index in [0.717, 1.165) is 0 Å². The van der Waals surface area contributed by atoms with E-state index in [-0.39, 0.29) is 0 Å². The van der Waals surface area contributed by atoms with Gasteiger partial charge >= 0.3 is 0 Å². The van der Waals surface area contributed by atoms with Crippen LogP contribution in [0.3, 0.4) is 0 Å². The fraction of sp³-hybridized carbons (Fsp3) is 0.857. The lowest BCUT2D eigenvalue weighted by Crippen LogP contribution is -2.08. The van der Waals surface area contributed by atoms with E-state index >= 15 is 0 Å². The molecule has 0 rings (SSSR count). The SMILES string of the molecule is CCCCC(C)SC(N)=S. The highest BCUT2D eigenvalue weighted by Gasteiger charge is 2.02. The highest BCUT2D eigenvalue weighted by molar-refractivity contribution is 8.23. The molecule has 0 amide bonds. The van der Waals surface area contributed by atoms with Crippen molar-refractivity contribution < 1.29 is 0 Å². The Balaban J connectivity index is 3.25. The molecule has 0 aliphatic heterocycles. The van der Waals surface area contributed by atoms with Gasteiger partial charge in [-0.25, -0.2) is 0 Å². The monoisotopic (exact) mass is 177 g/mol. The van der Waals surface area contributed by atoms with Gasteiger partial charge in [-0.05, 0) is 6.42 Å². The minimum atomic E-state index is 0.573. The van der Waals surface area contributed by atoms with Crippen molar-refractivity contribution in [3.05, 3.63) is 0 Å². The van der Waals surface area contributed by atoms with Crippen molar-refractivity contribution in [1.82, 2.24) is 0 Å². The Morgan fingerprint density at radius 2 is 2.30 bits per heavy atom. The topological polar surface area (TPSA) is 26.0 Å². The fourth-order valence-corrected chi connectivity index (χ4v) is 1.92. The van der Waals surface area contributed by atoms with Crippen molar-refractivity contribution in [2.45, 2.75) is 38.4 Å². The average molecular weight is 177 g/mol. The van der Waals surface area contributed by atoms with Gasteiger partial charge in [-0.2, -0.15) is 0 Å². The molecule has 1 nitrogen and oxygen atoms in total. The molecule has 0 saturated carbocycles. The van der Waals surface area contributed by atoms with Crippen LogP contribution < -0.4 is 5.73 Å². The second-order valence-corrected chi connectivity index (χ2v) is 4.57. The summed E-state index contributed by atoms with van der Waals surface area (Å²) in [5, 5.41) is 0.595. The molecule has 60 valence electrons. The van der Waals surface area contributed by atoms with Gasteiger partial charge in [0, 0.05) is 5.25 Å². The summed E-state index contributed by atoms with van der Waals surface area (Å²) >= 11 is 6.37. The molecular formula is C7H15NS2. The minimum Gasteiger partial charge on any atom is -0.385 e. The van der Waals surface area contributed by atoms with E-state index in [2.05, 4.69) is 13.8 Å². The van der Waals surface area contributed by atoms with Gasteiger partial charge in [0.1, 0.15) is 4.32 Å². The van der Waals surface area contributed by atoms with Gasteiger partial charge in [-0.1, -0.05) is 50.7 Å². The standard InChI is InChI=1S/C7H15NS2/c1-3-4-5-6(2)10-7(8)9/h6H,3-5H2,1-2H3,(H2,8,9). The van der Waals surface area contributed by atoms with Crippen LogP contribution in [0.4, 0.5) is 0 Å². The summed E-state index contributed by atoms with van der Waals surface area (Å²) in [6, 6.07) is 0. The van der Waals surface area contributed by atoms with Crippen molar-refractivity contribution in [3.8, 4) is 0 Å². The maximum atomic E-state index is 5.36. The maximum Gasteiger partial charge on any atom is 0.131 e. The Morgan fingerprint density at radius 1 is 1.70 bits per heavy atom. The smallest absolute Gasteiger partial charge is 0.131 e. The molecule has 0 saturated heterocycles. The first-order valence-electron chi connectivity index (χ1n) is 3.63. The second kappa shape index (κ2) is 5.98. The van der Waals surface area contributed by atoms with Crippen LogP contribution in [-0.4, -0.2) is 9.57 Å². The van der Waals surface area contributed by atoms with Crippen molar-refractivity contribution >= 4 is 28.3 Å². The van der Waals surface area contributed by atoms with Crippen molar-refractivity contribution in [3.63, 3.8) is 0 Å². The molecule has 0 radical (unpaired) electrons. The molecule has 0 spiro atoms. The summed E-state index contributed by atoms with van der Waals surface area (Å²) in [7, 11) is 0. The predicted octanol–water partition coefficient (Wildman–Crippen LogP) is 2.54. The minimum absolute atomic E-state index is 0.573. The molecular weight excluding hydrogens is 162 g/mol. The number of hydrogen-bond acceptors (Lipinski definition) is 2. The summed E-state index contributed by atoms with van der Waals surface area (Å²) in [6.07, 6.45) is 3.75. The average Bonchev–Trinajstić information content (AvgIpc) is 1.82. The van der Waals surface area contributed by atoms with Crippen LogP contribution in [0.25, 0.3) is 0 Å². The third-order valence-electron chi connectivity index (χ3n) is 1.28. The number of rotatable bonds is 4. The third kappa shape index (κ3) is 6.36. The summed E-state index contributed by atoms with van der Waals surface area (Å²) in [6.45, 7) is 4.36. The molecule has 0 aliphatic carbocycles. The van der Waals surface area contributed by atoms with Gasteiger partial charge in [0.15, 0.2) is 0 Å². The number of thioether (sulfide) groups is 1. The molecule has 0 heterocycles. The van der Waals surface area contributed by atoms with Gasteiger partial charge in [0.2, 0.25) is 0 Å². The molecule has 1 unspecified atom stereocenters. The van der Waals surface area contributed by atoms with Crippen molar-refractivity contribution in [1.29, 1.82) is 0 Å². The zero-order valence-corrected chi connectivity index (χ0v) is 8.23. The van der Waals surface area contributed by atoms with E-state index in [4.69, 9.17) is 18.0 Å². The quantitative estimate of drug-likeness (QED) is 0.668. The van der Waals surface area contributed by atoms with Crippen LogP contribution in [0, 0.1) is 0 Å². The van der Waals surface area contributed by atoms with Crippen LogP contribution in [0.15, 0.2) is 0 Å². The molecule has 1 atom stereocenters. The van der Waals surface area contributed by atoms with Crippen LogP contribution >= 0.6 is 24.0 Å². The summed E-state index contributed by atoms with van der Waals surface area (Å²) in [4.78, 5) is 0. The lowest BCUT2D eigenvalue weighted by atomic mass is 10.2. The maximum absolute atomic E-state index is 5.36. The molecule has 0 bridgehead atoms. The predicted molar refractivity (Wildman–Crippen MR) is 53.4 cm³/mol. The second-order valence-electron chi connectivity index (χ2n) is 2.39. The highest BCUT2D eigenvalue weighted by Crippen LogP contribution is 2.15. The van der Waals surface area contributed by atoms with Gasteiger partial charge < -0.3 is 5.73 Å². The van der Waals surface area contributed by atoms with E-state index in [1.807, 2.05) is 0 Å². The lowest BCUT2D eigenvalue weighted by Gasteiger charge is -2.07. The number of thiocarbonyl (C=S) groups is 1. The molecule has 0 aromatic rings. The number of hydrogen-bond donors (Lipinski definition) is 1. The van der Waals surface area contributed by atoms with E-state index in [1.165, 1.54) is 19.3 Å². The normalized spacial score (nSPS) is 13.0. The molecule has 3 heteroatoms. The molecule has 10 heavy (non-hydrogen) atoms. The van der Waals surface area contributed by atoms with Crippen LogP contribution in [0.5, 0.6) is 0 Å². The Hall–Kier alpha value is 0.240. The molecule has 0 aromatic carbocycles. The lowest BCUT2D eigenvalue weighted by molar-refractivity contribution is 0.715. The van der Waals surface area contributed by atoms with Crippen LogP contribution in [0.1, 0.15) is 33.1 Å². The zero-order valence-electron chi connectivity index (χ0n) is 6.59. The first-order chi connectivity index (χ1) is 4.66. The van der Waals surface area contributed by atoms with Crippen molar-refractivity contribution in [2.75, 3.05) is 0 Å². The molecule has 2 N–H and O–H groups in total. The van der Waals surface area contributed by atoms with E-state index < -0.39 is 0 Å². The van der Waals surface area contributed by atoms with Crippen LogP contribution in [0.2, 0.25) is 0 Å². The Labute approximate surface area is 72.8 Å². The molecule has 0 aromatic heterocycles. The van der Waals surface area contributed by atoms with Crippen molar-refractivity contribution in [2.24, 2.45) is 5.73 Å². The van der Waals surface area contributed by atoms with Gasteiger partial charge in [-0.3, -0.25) is 0 Å². The molecule has 0 aliphatic rings. The number of nitrogens with two attached hydrogens (primary N) is 1. The van der Waals surface area contributed by atoms with Crippen LogP contribution in [-0.2, 0) is 0 Å².